The van der Waals surface area contributed by atoms with E-state index in [0.29, 0.717) is 5.52 Å². The van der Waals surface area contributed by atoms with Gasteiger partial charge in [-0.05, 0) is 30.3 Å². The largest absolute Gasteiger partial charge is 0.433 e. The number of alkyl halides is 3. The van der Waals surface area contributed by atoms with Crippen molar-refractivity contribution in [2.75, 3.05) is 0 Å². The fraction of sp³-hybridized carbons (Fsp3) is 0.0556. The Morgan fingerprint density at radius 3 is 2.64 bits per heavy atom. The molecular weight excluding hydrogens is 396 g/mol. The molecule has 0 radical (unpaired) electrons. The van der Waals surface area contributed by atoms with Gasteiger partial charge in [-0.2, -0.15) is 17.9 Å². The van der Waals surface area contributed by atoms with E-state index in [1.54, 1.807) is 24.3 Å². The molecule has 4 aromatic rings. The first-order valence-corrected chi connectivity index (χ1v) is 8.72. The average Bonchev–Trinajstić information content (AvgIpc) is 3.20. The summed E-state index contributed by atoms with van der Waals surface area (Å²) in [7, 11) is 0. The highest BCUT2D eigenvalue weighted by Gasteiger charge is 2.38. The summed E-state index contributed by atoms with van der Waals surface area (Å²) < 4.78 is 55.0. The van der Waals surface area contributed by atoms with Crippen molar-refractivity contribution in [3.63, 3.8) is 0 Å². The predicted octanol–water partition coefficient (Wildman–Crippen LogP) is 4.68. The quantitative estimate of drug-likeness (QED) is 0.397. The molecule has 0 aliphatic rings. The SMILES string of the molecule is O=c1c(C=Nc2cccc(F)c2)c(C(F)(F)F)[nH]n1-c1nc2ccccc2s1. The van der Waals surface area contributed by atoms with Crippen LogP contribution in [0.1, 0.15) is 11.3 Å². The summed E-state index contributed by atoms with van der Waals surface area (Å²) in [6.45, 7) is 0. The van der Waals surface area contributed by atoms with Crippen LogP contribution in [0.25, 0.3) is 15.3 Å². The number of aromatic nitrogens is 3. The molecule has 0 fully saturated rings. The topological polar surface area (TPSA) is 63.0 Å². The highest BCUT2D eigenvalue weighted by molar-refractivity contribution is 7.20. The third kappa shape index (κ3) is 3.33. The molecule has 0 aliphatic heterocycles. The van der Waals surface area contributed by atoms with E-state index in [-0.39, 0.29) is 10.8 Å². The van der Waals surface area contributed by atoms with Gasteiger partial charge in [-0.25, -0.2) is 9.37 Å². The number of benzene rings is 2. The minimum atomic E-state index is -4.82. The molecule has 4 rings (SSSR count). The number of hydrogen-bond donors (Lipinski definition) is 1. The molecule has 0 spiro atoms. The molecular formula is C18H10F4N4OS. The highest BCUT2D eigenvalue weighted by atomic mass is 32.1. The second-order valence-corrected chi connectivity index (χ2v) is 6.75. The van der Waals surface area contributed by atoms with Crippen molar-refractivity contribution < 1.29 is 17.6 Å². The number of hydrogen-bond acceptors (Lipinski definition) is 4. The Hall–Kier alpha value is -3.27. The van der Waals surface area contributed by atoms with E-state index in [1.807, 2.05) is 0 Å². The molecule has 28 heavy (non-hydrogen) atoms. The summed E-state index contributed by atoms with van der Waals surface area (Å²) in [5.74, 6) is -0.591. The first-order valence-electron chi connectivity index (χ1n) is 7.91. The first-order chi connectivity index (χ1) is 13.3. The van der Waals surface area contributed by atoms with Gasteiger partial charge in [-0.1, -0.05) is 29.5 Å². The molecule has 0 unspecified atom stereocenters. The number of halogens is 4. The fourth-order valence-corrected chi connectivity index (χ4v) is 3.50. The molecule has 10 heteroatoms. The number of para-hydroxylation sites is 1. The molecule has 2 aromatic carbocycles. The van der Waals surface area contributed by atoms with Crippen molar-refractivity contribution in [3.8, 4) is 5.13 Å². The summed E-state index contributed by atoms with van der Waals surface area (Å²) in [4.78, 5) is 20.6. The lowest BCUT2D eigenvalue weighted by Gasteiger charge is -2.03. The van der Waals surface area contributed by atoms with Gasteiger partial charge in [-0.3, -0.25) is 14.9 Å². The third-order valence-electron chi connectivity index (χ3n) is 3.83. The van der Waals surface area contributed by atoms with E-state index < -0.39 is 28.8 Å². The van der Waals surface area contributed by atoms with Gasteiger partial charge in [0.15, 0.2) is 5.69 Å². The molecule has 142 valence electrons. The van der Waals surface area contributed by atoms with Gasteiger partial charge >= 0.3 is 6.18 Å². The lowest BCUT2D eigenvalue weighted by atomic mass is 10.2. The summed E-state index contributed by atoms with van der Waals surface area (Å²) in [5, 5.41) is 2.15. The number of thiazole rings is 1. The van der Waals surface area contributed by atoms with E-state index in [0.717, 1.165) is 33.0 Å². The molecule has 1 N–H and O–H groups in total. The second-order valence-electron chi connectivity index (χ2n) is 5.74. The lowest BCUT2D eigenvalue weighted by Crippen LogP contribution is -2.17. The van der Waals surface area contributed by atoms with Crippen molar-refractivity contribution in [2.45, 2.75) is 6.18 Å². The van der Waals surface area contributed by atoms with Gasteiger partial charge in [0.1, 0.15) is 5.82 Å². The Morgan fingerprint density at radius 1 is 1.14 bits per heavy atom. The number of aliphatic imine (C=N–C) groups is 1. The second kappa shape index (κ2) is 6.71. The standard InChI is InChI=1S/C18H10F4N4OS/c19-10-4-3-5-11(8-10)23-9-12-15(18(20,21)22)25-26(16(12)27)17-24-13-6-1-2-7-14(13)28-17/h1-9,25H. The van der Waals surface area contributed by atoms with Crippen LogP contribution < -0.4 is 5.56 Å². The van der Waals surface area contributed by atoms with Crippen LogP contribution in [-0.2, 0) is 6.18 Å². The van der Waals surface area contributed by atoms with Gasteiger partial charge in [0.05, 0.1) is 21.5 Å². The van der Waals surface area contributed by atoms with E-state index >= 15 is 0 Å². The van der Waals surface area contributed by atoms with Crippen molar-refractivity contribution >= 4 is 33.5 Å². The molecule has 0 atom stereocenters. The van der Waals surface area contributed by atoms with E-state index in [1.165, 1.54) is 18.2 Å². The molecule has 0 saturated carbocycles. The Kier molecular flexibility index (Phi) is 4.34. The lowest BCUT2D eigenvalue weighted by molar-refractivity contribution is -0.141. The third-order valence-corrected chi connectivity index (χ3v) is 4.86. The van der Waals surface area contributed by atoms with Crippen molar-refractivity contribution in [1.82, 2.24) is 14.8 Å². The Morgan fingerprint density at radius 2 is 1.93 bits per heavy atom. The maximum Gasteiger partial charge on any atom is 0.433 e. The van der Waals surface area contributed by atoms with Gasteiger partial charge in [0, 0.05) is 6.21 Å². The summed E-state index contributed by atoms with van der Waals surface area (Å²) in [6, 6.07) is 11.9. The zero-order valence-corrected chi connectivity index (χ0v) is 14.7. The fourth-order valence-electron chi connectivity index (χ4n) is 2.57. The normalized spacial score (nSPS) is 12.3. The zero-order chi connectivity index (χ0) is 19.9. The van der Waals surface area contributed by atoms with Crippen LogP contribution in [0.15, 0.2) is 58.3 Å². The van der Waals surface area contributed by atoms with Crippen LogP contribution >= 0.6 is 11.3 Å². The molecule has 0 saturated heterocycles. The number of nitrogens with zero attached hydrogens (tertiary/aromatic N) is 3. The van der Waals surface area contributed by atoms with Crippen molar-refractivity contribution in [2.24, 2.45) is 4.99 Å². The number of rotatable bonds is 3. The Balaban J connectivity index is 1.85. The highest BCUT2D eigenvalue weighted by Crippen LogP contribution is 2.30. The minimum absolute atomic E-state index is 0.0714. The molecule has 0 bridgehead atoms. The van der Waals surface area contributed by atoms with Gasteiger partial charge in [0.25, 0.3) is 5.56 Å². The van der Waals surface area contributed by atoms with Gasteiger partial charge < -0.3 is 0 Å². The average molecular weight is 406 g/mol. The van der Waals surface area contributed by atoms with Crippen LogP contribution in [0.4, 0.5) is 23.2 Å². The van der Waals surface area contributed by atoms with E-state index in [4.69, 9.17) is 0 Å². The minimum Gasteiger partial charge on any atom is -0.284 e. The molecule has 0 amide bonds. The molecule has 2 aromatic heterocycles. The van der Waals surface area contributed by atoms with E-state index in [9.17, 15) is 22.4 Å². The summed E-state index contributed by atoms with van der Waals surface area (Å²) in [5.41, 5.74) is -2.24. The summed E-state index contributed by atoms with van der Waals surface area (Å²) in [6.07, 6.45) is -4.04. The maximum atomic E-state index is 13.4. The number of aromatic amines is 1. The van der Waals surface area contributed by atoms with Crippen molar-refractivity contribution in [3.05, 3.63) is 76.0 Å². The Labute approximate surface area is 158 Å². The molecule has 5 nitrogen and oxygen atoms in total. The van der Waals surface area contributed by atoms with Gasteiger partial charge in [0.2, 0.25) is 5.13 Å². The molecule has 2 heterocycles. The zero-order valence-electron chi connectivity index (χ0n) is 13.9. The van der Waals surface area contributed by atoms with Crippen molar-refractivity contribution in [1.29, 1.82) is 0 Å². The number of fused-ring (bicyclic) bond motifs is 1. The van der Waals surface area contributed by atoms with E-state index in [2.05, 4.69) is 15.1 Å². The predicted molar refractivity (Wildman–Crippen MR) is 98.2 cm³/mol. The van der Waals surface area contributed by atoms with Crippen LogP contribution in [-0.4, -0.2) is 21.0 Å². The van der Waals surface area contributed by atoms with Crippen LogP contribution in [0.5, 0.6) is 0 Å². The maximum absolute atomic E-state index is 13.4. The molecule has 0 aliphatic carbocycles. The first kappa shape index (κ1) is 18.1. The number of nitrogens with one attached hydrogen (secondary N) is 1. The monoisotopic (exact) mass is 406 g/mol. The van der Waals surface area contributed by atoms with Crippen LogP contribution in [0.3, 0.4) is 0 Å². The van der Waals surface area contributed by atoms with Crippen LogP contribution in [0.2, 0.25) is 0 Å². The Bertz CT molecular complexity index is 1220. The summed E-state index contributed by atoms with van der Waals surface area (Å²) >= 11 is 1.07. The van der Waals surface area contributed by atoms with Gasteiger partial charge in [-0.15, -0.1) is 0 Å². The number of H-pyrrole nitrogens is 1. The van der Waals surface area contributed by atoms with Crippen LogP contribution in [0, 0.1) is 5.82 Å². The smallest absolute Gasteiger partial charge is 0.284 e.